The highest BCUT2D eigenvalue weighted by Gasteiger charge is 2.17. The Hall–Kier alpha value is -4.59. The van der Waals surface area contributed by atoms with E-state index in [4.69, 9.17) is 9.47 Å². The second-order valence-electron chi connectivity index (χ2n) is 8.24. The molecule has 1 heterocycles. The Morgan fingerprint density at radius 2 is 1.78 bits per heavy atom. The van der Waals surface area contributed by atoms with Crippen LogP contribution in [0.4, 0.5) is 11.4 Å². The molecule has 3 aromatic carbocycles. The molecule has 184 valence electrons. The Morgan fingerprint density at radius 3 is 2.47 bits per heavy atom. The van der Waals surface area contributed by atoms with Crippen LogP contribution in [0.5, 0.6) is 17.2 Å². The molecule has 0 spiro atoms. The highest BCUT2D eigenvalue weighted by Crippen LogP contribution is 2.29. The summed E-state index contributed by atoms with van der Waals surface area (Å²) in [5, 5.41) is 7.51. The number of anilines is 2. The van der Waals surface area contributed by atoms with E-state index in [2.05, 4.69) is 10.4 Å². The second kappa shape index (κ2) is 10.8. The van der Waals surface area contributed by atoms with Crippen LogP contribution in [0.25, 0.3) is 5.69 Å². The minimum atomic E-state index is -0.410. The molecule has 0 aliphatic heterocycles. The van der Waals surface area contributed by atoms with E-state index in [1.165, 1.54) is 10.9 Å². The third-order valence-corrected chi connectivity index (χ3v) is 5.68. The summed E-state index contributed by atoms with van der Waals surface area (Å²) in [6.45, 7) is 4.46. The number of carbonyl (C=O) groups excluding carboxylic acids is 1. The first kappa shape index (κ1) is 24.5. The monoisotopic (exact) mass is 484 g/mol. The molecule has 1 amide bonds. The van der Waals surface area contributed by atoms with Gasteiger partial charge in [-0.3, -0.25) is 9.59 Å². The molecule has 0 aliphatic rings. The Balaban J connectivity index is 1.77. The highest BCUT2D eigenvalue weighted by molar-refractivity contribution is 5.95. The molecule has 8 heteroatoms. The summed E-state index contributed by atoms with van der Waals surface area (Å²) >= 11 is 0. The first-order valence-electron chi connectivity index (χ1n) is 11.5. The van der Waals surface area contributed by atoms with E-state index >= 15 is 0 Å². The number of ether oxygens (including phenoxy) is 2. The number of methoxy groups -OCH3 is 1. The zero-order chi connectivity index (χ0) is 25.7. The molecule has 0 fully saturated rings. The van der Waals surface area contributed by atoms with Gasteiger partial charge in [0.2, 0.25) is 0 Å². The maximum absolute atomic E-state index is 13.6. The lowest BCUT2D eigenvalue weighted by Gasteiger charge is -2.17. The number of rotatable bonds is 8. The van der Waals surface area contributed by atoms with E-state index in [1.807, 2.05) is 38.1 Å². The highest BCUT2D eigenvalue weighted by atomic mass is 16.5. The van der Waals surface area contributed by atoms with Crippen molar-refractivity contribution in [1.82, 2.24) is 14.7 Å². The molecule has 0 atom stereocenters. The quantitative estimate of drug-likeness (QED) is 0.371. The Kier molecular flexibility index (Phi) is 7.34. The van der Waals surface area contributed by atoms with Gasteiger partial charge in [0.25, 0.3) is 11.5 Å². The average molecular weight is 485 g/mol. The fourth-order valence-corrected chi connectivity index (χ4v) is 3.58. The summed E-state index contributed by atoms with van der Waals surface area (Å²) in [5.74, 6) is 1.40. The third-order valence-electron chi connectivity index (χ3n) is 5.68. The van der Waals surface area contributed by atoms with Crippen molar-refractivity contribution in [1.29, 1.82) is 0 Å². The van der Waals surface area contributed by atoms with Crippen LogP contribution in [0.2, 0.25) is 0 Å². The first-order valence-corrected chi connectivity index (χ1v) is 11.5. The lowest BCUT2D eigenvalue weighted by atomic mass is 10.1. The van der Waals surface area contributed by atoms with Crippen molar-refractivity contribution in [3.05, 3.63) is 100 Å². The van der Waals surface area contributed by atoms with E-state index < -0.39 is 5.56 Å². The number of amides is 1. The van der Waals surface area contributed by atoms with E-state index in [0.29, 0.717) is 35.0 Å². The van der Waals surface area contributed by atoms with Gasteiger partial charge in [0, 0.05) is 24.8 Å². The van der Waals surface area contributed by atoms with Gasteiger partial charge >= 0.3 is 0 Å². The van der Waals surface area contributed by atoms with Gasteiger partial charge in [-0.2, -0.15) is 9.78 Å². The number of carbonyl (C=O) groups is 1. The molecule has 4 aromatic rings. The summed E-state index contributed by atoms with van der Waals surface area (Å²) in [6, 6.07) is 21.5. The molecule has 1 aromatic heterocycles. The molecular weight excluding hydrogens is 456 g/mol. The van der Waals surface area contributed by atoms with Crippen molar-refractivity contribution in [2.24, 2.45) is 0 Å². The predicted molar refractivity (Wildman–Crippen MR) is 140 cm³/mol. The maximum Gasteiger partial charge on any atom is 0.299 e. The fourth-order valence-electron chi connectivity index (χ4n) is 3.58. The molecule has 4 rings (SSSR count). The molecule has 0 unspecified atom stereocenters. The van der Waals surface area contributed by atoms with Gasteiger partial charge in [0.15, 0.2) is 11.4 Å². The summed E-state index contributed by atoms with van der Waals surface area (Å²) in [6.07, 6.45) is 1.50. The van der Waals surface area contributed by atoms with Crippen molar-refractivity contribution in [3.8, 4) is 22.9 Å². The van der Waals surface area contributed by atoms with Crippen molar-refractivity contribution in [2.45, 2.75) is 13.8 Å². The van der Waals surface area contributed by atoms with Gasteiger partial charge in [0.05, 0.1) is 19.0 Å². The van der Waals surface area contributed by atoms with E-state index in [-0.39, 0.29) is 17.3 Å². The number of hydrogen-bond donors (Lipinski definition) is 1. The lowest BCUT2D eigenvalue weighted by Crippen LogP contribution is -2.26. The van der Waals surface area contributed by atoms with Crippen LogP contribution >= 0.6 is 0 Å². The van der Waals surface area contributed by atoms with Gasteiger partial charge in [-0.15, -0.1) is 0 Å². The average Bonchev–Trinajstić information content (AvgIpc) is 2.90. The third kappa shape index (κ3) is 5.38. The van der Waals surface area contributed by atoms with Crippen LogP contribution in [0.15, 0.2) is 83.8 Å². The molecule has 36 heavy (non-hydrogen) atoms. The Labute approximate surface area is 209 Å². The van der Waals surface area contributed by atoms with Crippen molar-refractivity contribution in [2.75, 3.05) is 26.0 Å². The lowest BCUT2D eigenvalue weighted by molar-refractivity contribution is 0.0802. The maximum atomic E-state index is 13.6. The molecule has 0 aliphatic carbocycles. The van der Waals surface area contributed by atoms with Crippen LogP contribution < -0.4 is 20.3 Å². The van der Waals surface area contributed by atoms with Gasteiger partial charge < -0.3 is 19.7 Å². The minimum Gasteiger partial charge on any atom is -0.497 e. The number of nitrogens with zero attached hydrogens (tertiary/aromatic N) is 3. The molecular formula is C28H28N4O4. The molecule has 0 bridgehead atoms. The smallest absolute Gasteiger partial charge is 0.299 e. The van der Waals surface area contributed by atoms with Crippen LogP contribution in [-0.2, 0) is 0 Å². The normalized spacial score (nSPS) is 10.6. The number of aromatic nitrogens is 2. The molecule has 0 saturated heterocycles. The van der Waals surface area contributed by atoms with Crippen molar-refractivity contribution >= 4 is 17.3 Å². The topological polar surface area (TPSA) is 85.7 Å². The van der Waals surface area contributed by atoms with E-state index in [1.54, 1.807) is 67.6 Å². The summed E-state index contributed by atoms with van der Waals surface area (Å²) in [4.78, 5) is 27.9. The zero-order valence-electron chi connectivity index (χ0n) is 20.7. The van der Waals surface area contributed by atoms with Crippen LogP contribution in [0, 0.1) is 6.92 Å². The Morgan fingerprint density at radius 1 is 1.03 bits per heavy atom. The molecule has 0 radical (unpaired) electrons. The summed E-state index contributed by atoms with van der Waals surface area (Å²) < 4.78 is 12.6. The van der Waals surface area contributed by atoms with Gasteiger partial charge in [-0.05, 0) is 74.0 Å². The van der Waals surface area contributed by atoms with Crippen LogP contribution in [-0.4, -0.2) is 41.3 Å². The number of benzene rings is 3. The second-order valence-corrected chi connectivity index (χ2v) is 8.24. The van der Waals surface area contributed by atoms with Crippen molar-refractivity contribution < 1.29 is 14.3 Å². The zero-order valence-corrected chi connectivity index (χ0v) is 20.7. The van der Waals surface area contributed by atoms with Crippen LogP contribution in [0.1, 0.15) is 22.8 Å². The minimum absolute atomic E-state index is 0.109. The molecule has 0 saturated carbocycles. The largest absolute Gasteiger partial charge is 0.497 e. The fraction of sp³-hybridized carbons (Fsp3) is 0.179. The Bertz CT molecular complexity index is 1430. The van der Waals surface area contributed by atoms with Crippen LogP contribution in [0.3, 0.4) is 0 Å². The van der Waals surface area contributed by atoms with Gasteiger partial charge in [0.1, 0.15) is 11.5 Å². The summed E-state index contributed by atoms with van der Waals surface area (Å²) in [7, 11) is 3.32. The van der Waals surface area contributed by atoms with Crippen molar-refractivity contribution in [3.63, 3.8) is 0 Å². The van der Waals surface area contributed by atoms with Gasteiger partial charge in [-0.25, -0.2) is 0 Å². The van der Waals surface area contributed by atoms with Gasteiger partial charge in [-0.1, -0.05) is 18.2 Å². The van der Waals surface area contributed by atoms with E-state index in [9.17, 15) is 9.59 Å². The predicted octanol–water partition coefficient (Wildman–Crippen LogP) is 5.18. The standard InChI is InChI=1S/C28H28N4O4/c1-5-31(3)27(33)20-9-7-10-21(17-20)30-26-25(36-24-11-6-8-19(2)16-24)18-29-32(28(26)34)22-12-14-23(35-4)15-13-22/h6-18,30H,5H2,1-4H3. The molecule has 1 N–H and O–H groups in total. The SMILES string of the molecule is CCN(C)C(=O)c1cccc(Nc2c(Oc3cccc(C)c3)cnn(-c3ccc(OC)cc3)c2=O)c1. The number of hydrogen-bond acceptors (Lipinski definition) is 6. The number of aryl methyl sites for hydroxylation is 1. The van der Waals surface area contributed by atoms with E-state index in [0.717, 1.165) is 5.56 Å². The number of nitrogens with one attached hydrogen (secondary N) is 1. The summed E-state index contributed by atoms with van der Waals surface area (Å²) in [5.41, 5.74) is 2.45. The molecule has 8 nitrogen and oxygen atoms in total. The first-order chi connectivity index (χ1) is 17.4.